The van der Waals surface area contributed by atoms with Crippen LogP contribution in [0.15, 0.2) is 55.4 Å². The van der Waals surface area contributed by atoms with Crippen LogP contribution in [-0.2, 0) is 11.3 Å². The average Bonchev–Trinajstić information content (AvgIpc) is 2.84. The number of halogens is 1. The number of nitrogens with one attached hydrogen (secondary N) is 1. The van der Waals surface area contributed by atoms with Crippen LogP contribution < -0.4 is 14.8 Å². The summed E-state index contributed by atoms with van der Waals surface area (Å²) in [6, 6.07) is 11.7. The maximum absolute atomic E-state index is 9.06. The number of methoxy groups -OCH3 is 1. The van der Waals surface area contributed by atoms with Gasteiger partial charge in [-0.2, -0.15) is 0 Å². The second kappa shape index (κ2) is 12.2. The van der Waals surface area contributed by atoms with E-state index in [2.05, 4.69) is 33.8 Å². The Kier molecular flexibility index (Phi) is 9.04. The number of benzene rings is 2. The third kappa shape index (κ3) is 6.91. The lowest BCUT2D eigenvalue weighted by molar-refractivity contribution is -0.104. The normalized spacial score (nSPS) is 14.2. The molecule has 1 fully saturated rings. The summed E-state index contributed by atoms with van der Waals surface area (Å²) < 4.78 is 11.9. The number of nitrogens with zero attached hydrogens (tertiary/aromatic N) is 3. The van der Waals surface area contributed by atoms with E-state index in [1.165, 1.54) is 6.08 Å². The minimum absolute atomic E-state index is 0.185. The molecule has 0 spiro atoms. The Hall–Kier alpha value is -3.16. The summed E-state index contributed by atoms with van der Waals surface area (Å²) in [6.07, 6.45) is 5.58. The van der Waals surface area contributed by atoms with Gasteiger partial charge in [0.1, 0.15) is 24.5 Å². The highest BCUT2D eigenvalue weighted by Gasteiger charge is 2.20. The molecule has 3 aromatic rings. The molecule has 1 aliphatic rings. The van der Waals surface area contributed by atoms with Crippen molar-refractivity contribution in [2.45, 2.75) is 25.5 Å². The second-order valence-electron chi connectivity index (χ2n) is 7.72. The van der Waals surface area contributed by atoms with Gasteiger partial charge in [0.15, 0.2) is 11.5 Å². The molecule has 0 bridgehead atoms. The lowest BCUT2D eigenvalue weighted by atomic mass is 10.1. The maximum atomic E-state index is 9.06. The van der Waals surface area contributed by atoms with E-state index in [0.717, 1.165) is 59.0 Å². The number of carbonyl (C=O) groups is 1. The fourth-order valence-electron chi connectivity index (χ4n) is 3.57. The molecule has 1 aromatic heterocycles. The number of rotatable bonds is 7. The van der Waals surface area contributed by atoms with Gasteiger partial charge in [-0.05, 0) is 49.7 Å². The van der Waals surface area contributed by atoms with Crippen molar-refractivity contribution in [1.29, 1.82) is 0 Å². The molecule has 2 heterocycles. The zero-order valence-corrected chi connectivity index (χ0v) is 19.7. The van der Waals surface area contributed by atoms with Crippen LogP contribution >= 0.6 is 11.6 Å². The van der Waals surface area contributed by atoms with Gasteiger partial charge in [-0.15, -0.1) is 0 Å². The van der Waals surface area contributed by atoms with Crippen LogP contribution in [0.1, 0.15) is 18.4 Å². The predicted molar refractivity (Wildman–Crippen MR) is 132 cm³/mol. The Morgan fingerprint density at radius 1 is 1.21 bits per heavy atom. The lowest BCUT2D eigenvalue weighted by Gasteiger charge is -2.29. The van der Waals surface area contributed by atoms with Gasteiger partial charge in [-0.1, -0.05) is 30.3 Å². The van der Waals surface area contributed by atoms with Crippen molar-refractivity contribution in [3.63, 3.8) is 0 Å². The molecule has 0 aliphatic carbocycles. The summed E-state index contributed by atoms with van der Waals surface area (Å²) in [5.74, 6) is 2.18. The SMILES string of the molecule is C=CC=O.COc1cc2ncnc(NCc3cccc(Cl)c3)c2cc1OC1CCN(C)CC1. The Bertz CT molecular complexity index is 1080. The van der Waals surface area contributed by atoms with Gasteiger partial charge in [0.2, 0.25) is 0 Å². The molecule has 174 valence electrons. The van der Waals surface area contributed by atoms with E-state index in [-0.39, 0.29) is 6.10 Å². The molecule has 4 rings (SSSR count). The third-order valence-corrected chi connectivity index (χ3v) is 5.56. The Morgan fingerprint density at radius 3 is 2.64 bits per heavy atom. The van der Waals surface area contributed by atoms with Gasteiger partial charge in [0, 0.05) is 36.1 Å². The number of carbonyl (C=O) groups excluding carboxylic acids is 1. The molecule has 33 heavy (non-hydrogen) atoms. The van der Waals surface area contributed by atoms with Crippen molar-refractivity contribution in [1.82, 2.24) is 14.9 Å². The average molecular weight is 469 g/mol. The number of allylic oxidation sites excluding steroid dienone is 1. The highest BCUT2D eigenvalue weighted by Crippen LogP contribution is 2.35. The lowest BCUT2D eigenvalue weighted by Crippen LogP contribution is -2.35. The van der Waals surface area contributed by atoms with Crippen molar-refractivity contribution in [2.24, 2.45) is 0 Å². The number of fused-ring (bicyclic) bond motifs is 1. The fraction of sp³-hybridized carbons (Fsp3) is 0.320. The third-order valence-electron chi connectivity index (χ3n) is 5.33. The van der Waals surface area contributed by atoms with E-state index >= 15 is 0 Å². The summed E-state index contributed by atoms with van der Waals surface area (Å²) in [6.45, 7) is 5.80. The first-order valence-electron chi connectivity index (χ1n) is 10.8. The summed E-state index contributed by atoms with van der Waals surface area (Å²) in [5, 5.41) is 5.01. The highest BCUT2D eigenvalue weighted by atomic mass is 35.5. The van der Waals surface area contributed by atoms with Crippen LogP contribution in [0.3, 0.4) is 0 Å². The molecule has 7 nitrogen and oxygen atoms in total. The number of piperidine rings is 1. The molecular formula is C25H29ClN4O3. The van der Waals surface area contributed by atoms with E-state index < -0.39 is 0 Å². The van der Waals surface area contributed by atoms with E-state index in [0.29, 0.717) is 18.6 Å². The molecule has 0 radical (unpaired) electrons. The minimum atomic E-state index is 0.185. The van der Waals surface area contributed by atoms with Gasteiger partial charge in [-0.3, -0.25) is 4.79 Å². The van der Waals surface area contributed by atoms with E-state index in [9.17, 15) is 0 Å². The van der Waals surface area contributed by atoms with Crippen LogP contribution in [0.5, 0.6) is 11.5 Å². The monoisotopic (exact) mass is 468 g/mol. The second-order valence-corrected chi connectivity index (χ2v) is 8.15. The fourth-order valence-corrected chi connectivity index (χ4v) is 3.78. The highest BCUT2D eigenvalue weighted by molar-refractivity contribution is 6.30. The van der Waals surface area contributed by atoms with Crippen molar-refractivity contribution < 1.29 is 14.3 Å². The largest absolute Gasteiger partial charge is 0.493 e. The predicted octanol–water partition coefficient (Wildman–Crippen LogP) is 4.75. The molecule has 8 heteroatoms. The van der Waals surface area contributed by atoms with Gasteiger partial charge >= 0.3 is 0 Å². The topological polar surface area (TPSA) is 76.6 Å². The van der Waals surface area contributed by atoms with Crippen molar-refractivity contribution in [2.75, 3.05) is 32.6 Å². The summed E-state index contributed by atoms with van der Waals surface area (Å²) in [7, 11) is 3.80. The van der Waals surface area contributed by atoms with Crippen LogP contribution in [-0.4, -0.2) is 54.5 Å². The van der Waals surface area contributed by atoms with Gasteiger partial charge in [0.05, 0.1) is 12.6 Å². The first-order valence-corrected chi connectivity index (χ1v) is 11.1. The molecular weight excluding hydrogens is 440 g/mol. The van der Waals surface area contributed by atoms with Crippen molar-refractivity contribution in [3.05, 3.63) is 66.0 Å². The molecule has 1 saturated heterocycles. The Morgan fingerprint density at radius 2 is 1.97 bits per heavy atom. The molecule has 1 aliphatic heterocycles. The number of aldehydes is 1. The molecule has 0 atom stereocenters. The molecule has 0 unspecified atom stereocenters. The Labute approximate surface area is 199 Å². The number of likely N-dealkylation sites (tertiary alicyclic amines) is 1. The Balaban J connectivity index is 0.000000709. The zero-order chi connectivity index (χ0) is 23.6. The smallest absolute Gasteiger partial charge is 0.162 e. The van der Waals surface area contributed by atoms with Crippen LogP contribution in [0.2, 0.25) is 5.02 Å². The summed E-state index contributed by atoms with van der Waals surface area (Å²) >= 11 is 6.09. The molecule has 1 N–H and O–H groups in total. The first-order chi connectivity index (χ1) is 16.0. The van der Waals surface area contributed by atoms with Gasteiger partial charge < -0.3 is 19.7 Å². The first kappa shape index (κ1) is 24.5. The summed E-state index contributed by atoms with van der Waals surface area (Å²) in [4.78, 5) is 20.2. The number of hydrogen-bond donors (Lipinski definition) is 1. The van der Waals surface area contributed by atoms with E-state index in [4.69, 9.17) is 25.9 Å². The van der Waals surface area contributed by atoms with Crippen LogP contribution in [0, 0.1) is 0 Å². The number of hydrogen-bond acceptors (Lipinski definition) is 7. The number of anilines is 1. The molecule has 0 saturated carbocycles. The van der Waals surface area contributed by atoms with Gasteiger partial charge in [-0.25, -0.2) is 9.97 Å². The van der Waals surface area contributed by atoms with E-state index in [1.807, 2.05) is 36.4 Å². The number of aromatic nitrogens is 2. The summed E-state index contributed by atoms with van der Waals surface area (Å²) in [5.41, 5.74) is 1.89. The standard InChI is InChI=1S/C22H25ClN4O2.C3H4O/c1-27-8-6-17(7-9-27)29-21-11-18-19(12-20(21)28-2)25-14-26-22(18)24-13-15-4-3-5-16(23)10-15;1-2-3-4/h3-5,10-12,14,17H,6-9,13H2,1-2H3,(H,24,25,26);2-3H,1H2. The number of ether oxygens (including phenoxy) is 2. The van der Waals surface area contributed by atoms with Crippen molar-refractivity contribution >= 4 is 34.6 Å². The van der Waals surface area contributed by atoms with Crippen molar-refractivity contribution in [3.8, 4) is 11.5 Å². The maximum Gasteiger partial charge on any atom is 0.162 e. The van der Waals surface area contributed by atoms with Gasteiger partial charge in [0.25, 0.3) is 0 Å². The van der Waals surface area contributed by atoms with Crippen LogP contribution in [0.25, 0.3) is 10.9 Å². The quantitative estimate of drug-likeness (QED) is 0.396. The van der Waals surface area contributed by atoms with Crippen LogP contribution in [0.4, 0.5) is 5.82 Å². The molecule has 0 amide bonds. The van der Waals surface area contributed by atoms with E-state index in [1.54, 1.807) is 13.4 Å². The molecule has 2 aromatic carbocycles. The zero-order valence-electron chi connectivity index (χ0n) is 19.0. The minimum Gasteiger partial charge on any atom is -0.493 e.